The zero-order valence-corrected chi connectivity index (χ0v) is 13.1. The van der Waals surface area contributed by atoms with E-state index in [9.17, 15) is 13.2 Å². The monoisotopic (exact) mass is 355 g/mol. The summed E-state index contributed by atoms with van der Waals surface area (Å²) in [7, 11) is 0. The number of benzene rings is 1. The second kappa shape index (κ2) is 7.01. The van der Waals surface area contributed by atoms with Gasteiger partial charge in [0.1, 0.15) is 11.4 Å². The van der Waals surface area contributed by atoms with Crippen LogP contribution in [0.2, 0.25) is 0 Å². The van der Waals surface area contributed by atoms with Gasteiger partial charge in [-0.25, -0.2) is 4.98 Å². The minimum Gasteiger partial charge on any atom is -0.454 e. The van der Waals surface area contributed by atoms with Crippen LogP contribution in [0.3, 0.4) is 0 Å². The summed E-state index contributed by atoms with van der Waals surface area (Å²) in [5.74, 6) is 0.877. The average molecular weight is 355 g/mol. The van der Waals surface area contributed by atoms with Crippen LogP contribution in [0.1, 0.15) is 12.0 Å². The molecule has 0 unspecified atom stereocenters. The number of ether oxygens (including phenoxy) is 2. The van der Waals surface area contributed by atoms with Crippen LogP contribution in [-0.4, -0.2) is 29.9 Å². The lowest BCUT2D eigenvalue weighted by Crippen LogP contribution is -2.16. The molecule has 0 saturated carbocycles. The third-order valence-corrected chi connectivity index (χ3v) is 3.40. The molecule has 0 fully saturated rings. The van der Waals surface area contributed by atoms with Gasteiger partial charge < -0.3 is 25.8 Å². The van der Waals surface area contributed by atoms with Crippen LogP contribution in [-0.2, 0) is 6.18 Å². The van der Waals surface area contributed by atoms with Crippen LogP contribution in [0, 0.1) is 0 Å². The molecule has 1 aromatic heterocycles. The van der Waals surface area contributed by atoms with Crippen molar-refractivity contribution in [3.8, 4) is 11.5 Å². The number of anilines is 3. The van der Waals surface area contributed by atoms with Crippen LogP contribution in [0.25, 0.3) is 0 Å². The third kappa shape index (κ3) is 4.02. The Morgan fingerprint density at radius 3 is 2.76 bits per heavy atom. The Morgan fingerprint density at radius 2 is 2.00 bits per heavy atom. The van der Waals surface area contributed by atoms with Crippen LogP contribution >= 0.6 is 0 Å². The molecule has 0 saturated heterocycles. The number of hydrogen-bond donors (Lipinski definition) is 3. The number of nitrogens with one attached hydrogen (secondary N) is 2. The summed E-state index contributed by atoms with van der Waals surface area (Å²) in [6.45, 7) is 0.770. The summed E-state index contributed by atoms with van der Waals surface area (Å²) in [5, 5.41) is 5.51. The third-order valence-electron chi connectivity index (χ3n) is 3.40. The molecule has 0 aliphatic carbocycles. The lowest BCUT2D eigenvalue weighted by molar-refractivity contribution is -0.137. The van der Waals surface area contributed by atoms with Gasteiger partial charge in [0, 0.05) is 24.5 Å². The SMILES string of the molecule is NCCCNc1nc(Nc2ccc3c(c2)OCO3)ncc1C(F)(F)F. The summed E-state index contributed by atoms with van der Waals surface area (Å²) in [4.78, 5) is 7.68. The maximum absolute atomic E-state index is 13.1. The largest absolute Gasteiger partial charge is 0.454 e. The Kier molecular flexibility index (Phi) is 4.79. The average Bonchev–Trinajstić information content (AvgIpc) is 3.02. The molecule has 0 amide bonds. The predicted octanol–water partition coefficient (Wildman–Crippen LogP) is 2.73. The highest BCUT2D eigenvalue weighted by atomic mass is 19.4. The van der Waals surface area contributed by atoms with Crippen molar-refractivity contribution in [1.29, 1.82) is 0 Å². The molecular formula is C15H16F3N5O2. The molecule has 2 heterocycles. The molecule has 134 valence electrons. The molecule has 0 atom stereocenters. The number of rotatable bonds is 6. The molecule has 1 aliphatic heterocycles. The lowest BCUT2D eigenvalue weighted by atomic mass is 10.2. The zero-order chi connectivity index (χ0) is 17.9. The van der Waals surface area contributed by atoms with Crippen molar-refractivity contribution in [2.45, 2.75) is 12.6 Å². The van der Waals surface area contributed by atoms with Crippen molar-refractivity contribution in [3.05, 3.63) is 30.0 Å². The highest BCUT2D eigenvalue weighted by molar-refractivity contribution is 5.61. The second-order valence-electron chi connectivity index (χ2n) is 5.22. The molecule has 1 aliphatic rings. The standard InChI is InChI=1S/C15H16F3N5O2/c16-15(17,18)10-7-21-14(23-13(10)20-5-1-4-19)22-9-2-3-11-12(6-9)25-8-24-11/h2-3,6-7H,1,4-5,8,19H2,(H2,20,21,22,23). The number of aromatic nitrogens is 2. The van der Waals surface area contributed by atoms with Gasteiger partial charge in [0.15, 0.2) is 11.5 Å². The maximum atomic E-state index is 13.1. The van der Waals surface area contributed by atoms with Crippen molar-refractivity contribution in [2.24, 2.45) is 5.73 Å². The van der Waals surface area contributed by atoms with Gasteiger partial charge in [-0.15, -0.1) is 0 Å². The summed E-state index contributed by atoms with van der Waals surface area (Å²) in [6.07, 6.45) is -3.29. The van der Waals surface area contributed by atoms with Gasteiger partial charge in [-0.05, 0) is 25.1 Å². The van der Waals surface area contributed by atoms with Crippen molar-refractivity contribution in [2.75, 3.05) is 30.5 Å². The maximum Gasteiger partial charge on any atom is 0.421 e. The molecule has 0 spiro atoms. The molecule has 10 heteroatoms. The van der Waals surface area contributed by atoms with Gasteiger partial charge in [-0.2, -0.15) is 18.2 Å². The highest BCUT2D eigenvalue weighted by Gasteiger charge is 2.35. The topological polar surface area (TPSA) is 94.3 Å². The summed E-state index contributed by atoms with van der Waals surface area (Å²) in [6, 6.07) is 5.04. The van der Waals surface area contributed by atoms with Gasteiger partial charge in [0.2, 0.25) is 12.7 Å². The predicted molar refractivity (Wildman–Crippen MR) is 85.0 cm³/mol. The number of alkyl halides is 3. The number of fused-ring (bicyclic) bond motifs is 1. The molecular weight excluding hydrogens is 339 g/mol. The number of hydrogen-bond acceptors (Lipinski definition) is 7. The quantitative estimate of drug-likeness (QED) is 0.686. The summed E-state index contributed by atoms with van der Waals surface area (Å²) in [5.41, 5.74) is 5.00. The molecule has 2 aromatic rings. The van der Waals surface area contributed by atoms with E-state index in [2.05, 4.69) is 20.6 Å². The van der Waals surface area contributed by atoms with Gasteiger partial charge in [0.05, 0.1) is 0 Å². The van der Waals surface area contributed by atoms with E-state index in [4.69, 9.17) is 15.2 Å². The molecule has 1 aromatic carbocycles. The first kappa shape index (κ1) is 17.1. The van der Waals surface area contributed by atoms with E-state index < -0.39 is 11.7 Å². The molecule has 4 N–H and O–H groups in total. The highest BCUT2D eigenvalue weighted by Crippen LogP contribution is 2.36. The smallest absolute Gasteiger partial charge is 0.421 e. The Morgan fingerprint density at radius 1 is 1.20 bits per heavy atom. The lowest BCUT2D eigenvalue weighted by Gasteiger charge is -2.14. The van der Waals surface area contributed by atoms with Crippen LogP contribution in [0.5, 0.6) is 11.5 Å². The molecule has 0 radical (unpaired) electrons. The molecule has 25 heavy (non-hydrogen) atoms. The van der Waals surface area contributed by atoms with E-state index in [0.717, 1.165) is 6.20 Å². The second-order valence-corrected chi connectivity index (χ2v) is 5.22. The first-order valence-electron chi connectivity index (χ1n) is 7.52. The fourth-order valence-electron chi connectivity index (χ4n) is 2.20. The van der Waals surface area contributed by atoms with Crippen LogP contribution in [0.15, 0.2) is 24.4 Å². The number of halogens is 3. The van der Waals surface area contributed by atoms with Crippen molar-refractivity contribution < 1.29 is 22.6 Å². The van der Waals surface area contributed by atoms with E-state index in [1.165, 1.54) is 0 Å². The summed E-state index contributed by atoms with van der Waals surface area (Å²) >= 11 is 0. The number of nitrogens with zero attached hydrogens (tertiary/aromatic N) is 2. The fourth-order valence-corrected chi connectivity index (χ4v) is 2.20. The molecule has 0 bridgehead atoms. The van der Waals surface area contributed by atoms with Crippen molar-refractivity contribution in [1.82, 2.24) is 9.97 Å². The Labute approximate surface area is 141 Å². The first-order valence-corrected chi connectivity index (χ1v) is 7.52. The molecule has 3 rings (SSSR count). The minimum absolute atomic E-state index is 0.0297. The van der Waals surface area contributed by atoms with Crippen LogP contribution in [0.4, 0.5) is 30.6 Å². The van der Waals surface area contributed by atoms with E-state index >= 15 is 0 Å². The van der Waals surface area contributed by atoms with E-state index in [0.29, 0.717) is 30.2 Å². The van der Waals surface area contributed by atoms with E-state index in [1.807, 2.05) is 0 Å². The Balaban J connectivity index is 1.82. The van der Waals surface area contributed by atoms with Gasteiger partial charge in [0.25, 0.3) is 0 Å². The summed E-state index contributed by atoms with van der Waals surface area (Å²) < 4.78 is 49.7. The van der Waals surface area contributed by atoms with Gasteiger partial charge in [-0.3, -0.25) is 0 Å². The van der Waals surface area contributed by atoms with E-state index in [-0.39, 0.29) is 25.1 Å². The van der Waals surface area contributed by atoms with Gasteiger partial charge in [-0.1, -0.05) is 0 Å². The number of nitrogens with two attached hydrogens (primary N) is 1. The molecule has 7 nitrogen and oxygen atoms in total. The zero-order valence-electron chi connectivity index (χ0n) is 13.1. The van der Waals surface area contributed by atoms with Crippen LogP contribution < -0.4 is 25.8 Å². The normalized spacial score (nSPS) is 13.0. The first-order chi connectivity index (χ1) is 12.0. The van der Waals surface area contributed by atoms with E-state index in [1.54, 1.807) is 18.2 Å². The fraction of sp³-hybridized carbons (Fsp3) is 0.333. The van der Waals surface area contributed by atoms with Crippen molar-refractivity contribution >= 4 is 17.5 Å². The van der Waals surface area contributed by atoms with Crippen molar-refractivity contribution in [3.63, 3.8) is 0 Å². The minimum atomic E-state index is -4.55. The Bertz CT molecular complexity index is 754. The van der Waals surface area contributed by atoms with Gasteiger partial charge >= 0.3 is 6.18 Å². The Hall–Kier alpha value is -2.75.